The van der Waals surface area contributed by atoms with Gasteiger partial charge < -0.3 is 15.4 Å². The van der Waals surface area contributed by atoms with Crippen LogP contribution in [0.15, 0.2) is 36.4 Å². The number of nitrogens with zero attached hydrogens (tertiary/aromatic N) is 1. The van der Waals surface area contributed by atoms with Gasteiger partial charge >= 0.3 is 0 Å². The Kier molecular flexibility index (Phi) is 3.67. The summed E-state index contributed by atoms with van der Waals surface area (Å²) in [4.78, 5) is 13.5. The largest absolute Gasteiger partial charge is 0.489 e. The van der Waals surface area contributed by atoms with Gasteiger partial charge in [0.15, 0.2) is 0 Å². The summed E-state index contributed by atoms with van der Waals surface area (Å²) in [6.07, 6.45) is 0.414. The smallest absolute Gasteiger partial charge is 0.228 e. The van der Waals surface area contributed by atoms with Crippen molar-refractivity contribution in [3.05, 3.63) is 36.4 Å². The Bertz CT molecular complexity index is 471. The molecule has 1 saturated heterocycles. The maximum absolute atomic E-state index is 11.8. The van der Waals surface area contributed by atoms with Crippen LogP contribution in [0.25, 0.3) is 0 Å². The Morgan fingerprint density at radius 1 is 1.61 bits per heavy atom. The molecule has 1 heterocycles. The van der Waals surface area contributed by atoms with Gasteiger partial charge in [-0.1, -0.05) is 12.6 Å². The van der Waals surface area contributed by atoms with Crippen LogP contribution in [0.1, 0.15) is 13.3 Å². The predicted octanol–water partition coefficient (Wildman–Crippen LogP) is 1.71. The van der Waals surface area contributed by atoms with Crippen LogP contribution in [0.3, 0.4) is 0 Å². The Balaban J connectivity index is 2.12. The molecule has 0 radical (unpaired) electrons. The molecule has 2 rings (SSSR count). The highest BCUT2D eigenvalue weighted by Crippen LogP contribution is 2.25. The van der Waals surface area contributed by atoms with Crippen molar-refractivity contribution in [3.8, 4) is 5.75 Å². The molecule has 1 aliphatic heterocycles. The molecule has 1 aromatic carbocycles. The van der Waals surface area contributed by atoms with E-state index in [1.165, 1.54) is 0 Å². The fraction of sp³-hybridized carbons (Fsp3) is 0.357. The molecule has 1 unspecified atom stereocenters. The van der Waals surface area contributed by atoms with Gasteiger partial charge in [0.1, 0.15) is 12.4 Å². The van der Waals surface area contributed by atoms with E-state index in [1.54, 1.807) is 4.90 Å². The second-order valence-corrected chi connectivity index (χ2v) is 4.71. The van der Waals surface area contributed by atoms with E-state index in [2.05, 4.69) is 6.58 Å². The number of rotatable bonds is 4. The number of hydrogen-bond acceptors (Lipinski definition) is 3. The minimum absolute atomic E-state index is 0.0690. The molecule has 0 aliphatic carbocycles. The maximum atomic E-state index is 11.8. The van der Waals surface area contributed by atoms with Gasteiger partial charge in [-0.3, -0.25) is 4.79 Å². The minimum atomic E-state index is -0.0718. The van der Waals surface area contributed by atoms with E-state index in [4.69, 9.17) is 10.5 Å². The van der Waals surface area contributed by atoms with Gasteiger partial charge in [0.2, 0.25) is 5.91 Å². The summed E-state index contributed by atoms with van der Waals surface area (Å²) in [6, 6.07) is 7.42. The van der Waals surface area contributed by atoms with Gasteiger partial charge in [-0.2, -0.15) is 0 Å². The lowest BCUT2D eigenvalue weighted by atomic mass is 10.2. The molecule has 4 heteroatoms. The number of carbonyl (C=O) groups excluding carboxylic acids is 1. The molecular weight excluding hydrogens is 228 g/mol. The molecule has 1 atom stereocenters. The van der Waals surface area contributed by atoms with Gasteiger partial charge in [0.25, 0.3) is 0 Å². The molecule has 1 aliphatic rings. The van der Waals surface area contributed by atoms with E-state index in [-0.39, 0.29) is 11.9 Å². The molecule has 1 amide bonds. The van der Waals surface area contributed by atoms with Crippen molar-refractivity contribution in [2.24, 2.45) is 5.73 Å². The second-order valence-electron chi connectivity index (χ2n) is 4.71. The topological polar surface area (TPSA) is 55.6 Å². The summed E-state index contributed by atoms with van der Waals surface area (Å²) < 4.78 is 5.56. The molecule has 1 fully saturated rings. The molecule has 4 nitrogen and oxygen atoms in total. The normalized spacial score (nSPS) is 19.1. The molecule has 0 spiro atoms. The SMILES string of the molecule is C=C(C)COc1cccc(N2CC(N)CC2=O)c1. The lowest BCUT2D eigenvalue weighted by Gasteiger charge is -2.17. The summed E-state index contributed by atoms with van der Waals surface area (Å²) >= 11 is 0. The van der Waals surface area contributed by atoms with Crippen LogP contribution in [0.5, 0.6) is 5.75 Å². The third-order valence-electron chi connectivity index (χ3n) is 2.77. The van der Waals surface area contributed by atoms with Crippen molar-refractivity contribution in [1.29, 1.82) is 0 Å². The number of nitrogens with two attached hydrogens (primary N) is 1. The summed E-state index contributed by atoms with van der Waals surface area (Å²) in [7, 11) is 0. The highest BCUT2D eigenvalue weighted by Gasteiger charge is 2.28. The van der Waals surface area contributed by atoms with Crippen molar-refractivity contribution >= 4 is 11.6 Å². The summed E-state index contributed by atoms with van der Waals surface area (Å²) in [5, 5.41) is 0. The first kappa shape index (κ1) is 12.6. The molecule has 0 aromatic heterocycles. The Morgan fingerprint density at radius 2 is 2.39 bits per heavy atom. The molecule has 96 valence electrons. The molecule has 2 N–H and O–H groups in total. The van der Waals surface area contributed by atoms with Crippen LogP contribution in [-0.4, -0.2) is 25.1 Å². The Labute approximate surface area is 107 Å². The first-order valence-corrected chi connectivity index (χ1v) is 5.99. The van der Waals surface area contributed by atoms with E-state index >= 15 is 0 Å². The van der Waals surface area contributed by atoms with Crippen LogP contribution >= 0.6 is 0 Å². The van der Waals surface area contributed by atoms with Crippen LogP contribution in [0.2, 0.25) is 0 Å². The maximum Gasteiger partial charge on any atom is 0.228 e. The Morgan fingerprint density at radius 3 is 3.00 bits per heavy atom. The monoisotopic (exact) mass is 246 g/mol. The lowest BCUT2D eigenvalue weighted by molar-refractivity contribution is -0.117. The number of benzene rings is 1. The van der Waals surface area contributed by atoms with E-state index < -0.39 is 0 Å². The van der Waals surface area contributed by atoms with E-state index in [0.29, 0.717) is 19.6 Å². The third kappa shape index (κ3) is 2.90. The fourth-order valence-corrected chi connectivity index (χ4v) is 1.93. The van der Waals surface area contributed by atoms with E-state index in [1.807, 2.05) is 31.2 Å². The second kappa shape index (κ2) is 5.23. The van der Waals surface area contributed by atoms with Crippen LogP contribution in [0, 0.1) is 0 Å². The van der Waals surface area contributed by atoms with Gasteiger partial charge in [-0.05, 0) is 24.6 Å². The molecule has 0 bridgehead atoms. The molecule has 1 aromatic rings. The number of amides is 1. The average Bonchev–Trinajstić information content (AvgIpc) is 2.66. The Hall–Kier alpha value is -1.81. The first-order chi connectivity index (χ1) is 8.56. The zero-order valence-electron chi connectivity index (χ0n) is 10.6. The highest BCUT2D eigenvalue weighted by molar-refractivity contribution is 5.96. The lowest BCUT2D eigenvalue weighted by Crippen LogP contribution is -2.27. The van der Waals surface area contributed by atoms with Crippen molar-refractivity contribution < 1.29 is 9.53 Å². The average molecular weight is 246 g/mol. The summed E-state index contributed by atoms with van der Waals surface area (Å²) in [5.74, 6) is 0.809. The number of anilines is 1. The number of hydrogen-bond donors (Lipinski definition) is 1. The molecule has 0 saturated carbocycles. The standard InChI is InChI=1S/C14H18N2O2/c1-10(2)9-18-13-5-3-4-12(7-13)16-8-11(15)6-14(16)17/h3-5,7,11H,1,6,8-9,15H2,2H3. The molecule has 18 heavy (non-hydrogen) atoms. The van der Waals surface area contributed by atoms with Gasteiger partial charge in [-0.25, -0.2) is 0 Å². The van der Waals surface area contributed by atoms with Crippen molar-refractivity contribution in [1.82, 2.24) is 0 Å². The first-order valence-electron chi connectivity index (χ1n) is 5.99. The zero-order chi connectivity index (χ0) is 13.1. The van der Waals surface area contributed by atoms with E-state index in [0.717, 1.165) is 17.0 Å². The zero-order valence-corrected chi connectivity index (χ0v) is 10.6. The van der Waals surface area contributed by atoms with Gasteiger partial charge in [-0.15, -0.1) is 0 Å². The van der Waals surface area contributed by atoms with Crippen LogP contribution in [-0.2, 0) is 4.79 Å². The van der Waals surface area contributed by atoms with E-state index in [9.17, 15) is 4.79 Å². The van der Waals surface area contributed by atoms with Crippen LogP contribution in [0.4, 0.5) is 5.69 Å². The highest BCUT2D eigenvalue weighted by atomic mass is 16.5. The van der Waals surface area contributed by atoms with Crippen molar-refractivity contribution in [3.63, 3.8) is 0 Å². The number of ether oxygens (including phenoxy) is 1. The van der Waals surface area contributed by atoms with Gasteiger partial charge in [0, 0.05) is 30.8 Å². The molecular formula is C14H18N2O2. The predicted molar refractivity (Wildman–Crippen MR) is 71.7 cm³/mol. The number of carbonyl (C=O) groups is 1. The quantitative estimate of drug-likeness (QED) is 0.823. The third-order valence-corrected chi connectivity index (χ3v) is 2.77. The van der Waals surface area contributed by atoms with Gasteiger partial charge in [0.05, 0.1) is 0 Å². The minimum Gasteiger partial charge on any atom is -0.489 e. The summed E-state index contributed by atoms with van der Waals surface area (Å²) in [6.45, 7) is 6.75. The summed E-state index contributed by atoms with van der Waals surface area (Å²) in [5.41, 5.74) is 7.58. The van der Waals surface area contributed by atoms with Crippen molar-refractivity contribution in [2.45, 2.75) is 19.4 Å². The fourth-order valence-electron chi connectivity index (χ4n) is 1.93. The van der Waals surface area contributed by atoms with Crippen LogP contribution < -0.4 is 15.4 Å². The van der Waals surface area contributed by atoms with Crippen molar-refractivity contribution in [2.75, 3.05) is 18.1 Å².